The van der Waals surface area contributed by atoms with Gasteiger partial charge in [0.05, 0.1) is 5.02 Å². The number of halogens is 1. The lowest BCUT2D eigenvalue weighted by molar-refractivity contribution is 0.0952. The van der Waals surface area contributed by atoms with Gasteiger partial charge in [-0.3, -0.25) is 4.79 Å². The van der Waals surface area contributed by atoms with Gasteiger partial charge in [0.15, 0.2) is 0 Å². The number of sulfonamides is 1. The van der Waals surface area contributed by atoms with E-state index >= 15 is 0 Å². The van der Waals surface area contributed by atoms with Crippen molar-refractivity contribution in [2.75, 3.05) is 19.6 Å². The van der Waals surface area contributed by atoms with Crippen molar-refractivity contribution in [1.29, 1.82) is 0 Å². The van der Waals surface area contributed by atoms with Gasteiger partial charge in [0, 0.05) is 25.2 Å². The predicted octanol–water partition coefficient (Wildman–Crippen LogP) is 2.90. The average Bonchev–Trinajstić information content (AvgIpc) is 3.02. The van der Waals surface area contributed by atoms with Crippen LogP contribution in [-0.4, -0.2) is 38.3 Å². The van der Waals surface area contributed by atoms with E-state index in [0.717, 1.165) is 19.3 Å². The zero-order valence-corrected chi connectivity index (χ0v) is 15.1. The molecule has 0 aliphatic carbocycles. The molecule has 2 rings (SSSR count). The van der Waals surface area contributed by atoms with E-state index in [1.54, 1.807) is 6.07 Å². The second-order valence-electron chi connectivity index (χ2n) is 6.19. The van der Waals surface area contributed by atoms with E-state index in [4.69, 9.17) is 11.6 Å². The summed E-state index contributed by atoms with van der Waals surface area (Å²) in [5.41, 5.74) is 0.316. The Hall–Kier alpha value is -1.11. The van der Waals surface area contributed by atoms with Crippen LogP contribution < -0.4 is 5.32 Å². The molecular weight excluding hydrogens is 336 g/mol. The van der Waals surface area contributed by atoms with E-state index in [9.17, 15) is 13.2 Å². The van der Waals surface area contributed by atoms with Crippen molar-refractivity contribution in [1.82, 2.24) is 9.62 Å². The second-order valence-corrected chi connectivity index (χ2v) is 8.51. The number of nitrogens with zero attached hydrogens (tertiary/aromatic N) is 1. The first-order valence-electron chi connectivity index (χ1n) is 7.90. The number of benzene rings is 1. The van der Waals surface area contributed by atoms with Crippen LogP contribution in [0.1, 0.15) is 43.5 Å². The highest BCUT2D eigenvalue weighted by Gasteiger charge is 2.29. The first kappa shape index (κ1) is 18.2. The van der Waals surface area contributed by atoms with Crippen molar-refractivity contribution in [3.05, 3.63) is 28.8 Å². The number of carbonyl (C=O) groups is 1. The molecule has 1 fully saturated rings. The Morgan fingerprint density at radius 3 is 2.57 bits per heavy atom. The van der Waals surface area contributed by atoms with Crippen molar-refractivity contribution in [3.8, 4) is 0 Å². The molecule has 1 saturated heterocycles. The van der Waals surface area contributed by atoms with Crippen molar-refractivity contribution >= 4 is 27.5 Å². The number of carbonyl (C=O) groups excluding carboxylic acids is 1. The van der Waals surface area contributed by atoms with Crippen molar-refractivity contribution < 1.29 is 13.2 Å². The molecule has 0 saturated carbocycles. The summed E-state index contributed by atoms with van der Waals surface area (Å²) in [6.07, 6.45) is 2.58. The highest BCUT2D eigenvalue weighted by atomic mass is 35.5. The highest BCUT2D eigenvalue weighted by Crippen LogP contribution is 2.28. The fourth-order valence-electron chi connectivity index (χ4n) is 2.49. The molecule has 1 aromatic rings. The van der Waals surface area contributed by atoms with Crippen molar-refractivity contribution in [2.24, 2.45) is 5.92 Å². The maximum absolute atomic E-state index is 12.6. The van der Waals surface area contributed by atoms with Crippen LogP contribution in [0, 0.1) is 5.92 Å². The third kappa shape index (κ3) is 4.46. The van der Waals surface area contributed by atoms with Crippen LogP contribution in [0.4, 0.5) is 0 Å². The van der Waals surface area contributed by atoms with Gasteiger partial charge in [0.1, 0.15) is 4.90 Å². The van der Waals surface area contributed by atoms with Gasteiger partial charge in [-0.1, -0.05) is 25.4 Å². The molecule has 1 aliphatic heterocycles. The SMILES string of the molecule is CC(C)CCNC(=O)c1ccc(Cl)c(S(=O)(=O)N2CCCC2)c1. The van der Waals surface area contributed by atoms with Gasteiger partial charge in [-0.25, -0.2) is 8.42 Å². The minimum atomic E-state index is -3.64. The minimum Gasteiger partial charge on any atom is -0.352 e. The molecule has 0 bridgehead atoms. The van der Waals surface area contributed by atoms with Crippen LogP contribution in [0.5, 0.6) is 0 Å². The molecule has 0 radical (unpaired) electrons. The highest BCUT2D eigenvalue weighted by molar-refractivity contribution is 7.89. The predicted molar refractivity (Wildman–Crippen MR) is 91.2 cm³/mol. The molecule has 0 spiro atoms. The topological polar surface area (TPSA) is 66.5 Å². The quantitative estimate of drug-likeness (QED) is 0.850. The second kappa shape index (κ2) is 7.64. The minimum absolute atomic E-state index is 0.0116. The van der Waals surface area contributed by atoms with E-state index < -0.39 is 10.0 Å². The van der Waals surface area contributed by atoms with E-state index in [0.29, 0.717) is 31.1 Å². The fraction of sp³-hybridized carbons (Fsp3) is 0.562. The largest absolute Gasteiger partial charge is 0.352 e. The number of amides is 1. The molecule has 7 heteroatoms. The van der Waals surface area contributed by atoms with Gasteiger partial charge in [-0.15, -0.1) is 0 Å². The summed E-state index contributed by atoms with van der Waals surface area (Å²) in [7, 11) is -3.64. The molecule has 1 aliphatic rings. The Morgan fingerprint density at radius 1 is 1.30 bits per heavy atom. The lowest BCUT2D eigenvalue weighted by Crippen LogP contribution is -2.29. The van der Waals surface area contributed by atoms with Crippen molar-refractivity contribution in [2.45, 2.75) is 38.0 Å². The molecule has 0 atom stereocenters. The molecule has 0 unspecified atom stereocenters. The standard InChI is InChI=1S/C16H23ClN2O3S/c1-12(2)7-8-18-16(20)13-5-6-14(17)15(11-13)23(21,22)19-9-3-4-10-19/h5-6,11-12H,3-4,7-10H2,1-2H3,(H,18,20). The van der Waals surface area contributed by atoms with Crippen LogP contribution in [0.25, 0.3) is 0 Å². The maximum Gasteiger partial charge on any atom is 0.251 e. The Bertz CT molecular complexity index is 668. The smallest absolute Gasteiger partial charge is 0.251 e. The van der Waals surface area contributed by atoms with Gasteiger partial charge >= 0.3 is 0 Å². The summed E-state index contributed by atoms with van der Waals surface area (Å²) in [5.74, 6) is 0.215. The molecule has 1 N–H and O–H groups in total. The molecule has 128 valence electrons. The van der Waals surface area contributed by atoms with Gasteiger partial charge in [0.25, 0.3) is 5.91 Å². The summed E-state index contributed by atoms with van der Waals surface area (Å²) in [6, 6.07) is 4.40. The van der Waals surface area contributed by atoms with E-state index in [-0.39, 0.29) is 15.8 Å². The maximum atomic E-state index is 12.6. The lowest BCUT2D eigenvalue weighted by atomic mass is 10.1. The Morgan fingerprint density at radius 2 is 1.96 bits per heavy atom. The van der Waals surface area contributed by atoms with E-state index in [1.807, 2.05) is 0 Å². The monoisotopic (exact) mass is 358 g/mol. The molecular formula is C16H23ClN2O3S. The van der Waals surface area contributed by atoms with E-state index in [1.165, 1.54) is 16.4 Å². The van der Waals surface area contributed by atoms with Crippen LogP contribution >= 0.6 is 11.6 Å². The van der Waals surface area contributed by atoms with Gasteiger partial charge in [0.2, 0.25) is 10.0 Å². The Labute approximate surface area is 143 Å². The summed E-state index contributed by atoms with van der Waals surface area (Å²) < 4.78 is 26.7. The van der Waals surface area contributed by atoms with E-state index in [2.05, 4.69) is 19.2 Å². The van der Waals surface area contributed by atoms with Crippen LogP contribution in [0.2, 0.25) is 5.02 Å². The van der Waals surface area contributed by atoms with Crippen LogP contribution in [0.15, 0.2) is 23.1 Å². The van der Waals surface area contributed by atoms with Gasteiger partial charge in [-0.05, 0) is 43.4 Å². The molecule has 23 heavy (non-hydrogen) atoms. The van der Waals surface area contributed by atoms with Crippen LogP contribution in [-0.2, 0) is 10.0 Å². The Kier molecular flexibility index (Phi) is 6.06. The van der Waals surface area contributed by atoms with Gasteiger partial charge in [-0.2, -0.15) is 4.31 Å². The van der Waals surface area contributed by atoms with Crippen molar-refractivity contribution in [3.63, 3.8) is 0 Å². The summed E-state index contributed by atoms with van der Waals surface area (Å²) in [5, 5.41) is 2.96. The molecule has 5 nitrogen and oxygen atoms in total. The first-order valence-corrected chi connectivity index (χ1v) is 9.72. The Balaban J connectivity index is 2.20. The lowest BCUT2D eigenvalue weighted by Gasteiger charge is -2.17. The molecule has 1 heterocycles. The zero-order valence-electron chi connectivity index (χ0n) is 13.5. The number of nitrogens with one attached hydrogen (secondary N) is 1. The van der Waals surface area contributed by atoms with Gasteiger partial charge < -0.3 is 5.32 Å². The molecule has 1 aromatic carbocycles. The number of hydrogen-bond donors (Lipinski definition) is 1. The molecule has 0 aromatic heterocycles. The third-order valence-corrected chi connectivity index (χ3v) is 6.26. The summed E-state index contributed by atoms with van der Waals surface area (Å²) in [4.78, 5) is 12.2. The van der Waals surface area contributed by atoms with Crippen LogP contribution in [0.3, 0.4) is 0 Å². The third-order valence-electron chi connectivity index (χ3n) is 3.88. The number of rotatable bonds is 6. The normalized spacial score (nSPS) is 16.0. The average molecular weight is 359 g/mol. The summed E-state index contributed by atoms with van der Waals surface area (Å²) >= 11 is 6.07. The molecule has 1 amide bonds. The fourth-order valence-corrected chi connectivity index (χ4v) is 4.50. The first-order chi connectivity index (χ1) is 10.8. The summed E-state index contributed by atoms with van der Waals surface area (Å²) in [6.45, 7) is 5.73. The zero-order chi connectivity index (χ0) is 17.0. The number of hydrogen-bond acceptors (Lipinski definition) is 3.